The Labute approximate surface area is 166 Å². The number of ether oxygens (including phenoxy) is 2. The second kappa shape index (κ2) is 5.85. The SMILES string of the molecule is Cc1nn2c([nH]c(=O)c3ccccc32)c1/N=N/c1nc2cc3c(cc2s1)OCO3. The lowest BCUT2D eigenvalue weighted by atomic mass is 10.2. The third-order valence-corrected chi connectivity index (χ3v) is 5.65. The van der Waals surface area contributed by atoms with Gasteiger partial charge in [-0.3, -0.25) is 4.79 Å². The Morgan fingerprint density at radius 3 is 2.90 bits per heavy atom. The molecule has 3 aromatic heterocycles. The highest BCUT2D eigenvalue weighted by atomic mass is 32.1. The summed E-state index contributed by atoms with van der Waals surface area (Å²) in [7, 11) is 0. The van der Waals surface area contributed by atoms with E-state index in [4.69, 9.17) is 9.47 Å². The molecule has 10 heteroatoms. The number of para-hydroxylation sites is 1. The van der Waals surface area contributed by atoms with Gasteiger partial charge in [-0.15, -0.1) is 10.2 Å². The van der Waals surface area contributed by atoms with Gasteiger partial charge in [0.25, 0.3) is 5.56 Å². The van der Waals surface area contributed by atoms with E-state index >= 15 is 0 Å². The van der Waals surface area contributed by atoms with Crippen LogP contribution >= 0.6 is 11.3 Å². The summed E-state index contributed by atoms with van der Waals surface area (Å²) >= 11 is 1.40. The van der Waals surface area contributed by atoms with Crippen molar-refractivity contribution in [2.45, 2.75) is 6.92 Å². The fourth-order valence-corrected chi connectivity index (χ4v) is 4.19. The predicted octanol–water partition coefficient (Wildman–Crippen LogP) is 4.24. The van der Waals surface area contributed by atoms with Gasteiger partial charge in [0, 0.05) is 12.1 Å². The number of azo groups is 1. The molecule has 1 aliphatic rings. The van der Waals surface area contributed by atoms with Gasteiger partial charge in [-0.25, -0.2) is 9.50 Å². The topological polar surface area (TPSA) is 106 Å². The molecule has 0 atom stereocenters. The predicted molar refractivity (Wildman–Crippen MR) is 108 cm³/mol. The van der Waals surface area contributed by atoms with E-state index in [0.29, 0.717) is 44.6 Å². The Morgan fingerprint density at radius 1 is 1.17 bits per heavy atom. The van der Waals surface area contributed by atoms with Crippen LogP contribution in [0.4, 0.5) is 10.8 Å². The van der Waals surface area contributed by atoms with Gasteiger partial charge < -0.3 is 14.5 Å². The highest BCUT2D eigenvalue weighted by Crippen LogP contribution is 2.40. The van der Waals surface area contributed by atoms with Crippen molar-refractivity contribution in [1.29, 1.82) is 0 Å². The molecule has 5 aromatic rings. The fraction of sp³-hybridized carbons (Fsp3) is 0.105. The van der Waals surface area contributed by atoms with Gasteiger partial charge in [-0.1, -0.05) is 23.5 Å². The van der Waals surface area contributed by atoms with Crippen molar-refractivity contribution in [3.63, 3.8) is 0 Å². The van der Waals surface area contributed by atoms with Crippen LogP contribution in [0.5, 0.6) is 11.5 Å². The number of aryl methyl sites for hydroxylation is 1. The molecule has 0 amide bonds. The maximum absolute atomic E-state index is 12.4. The third kappa shape index (κ3) is 2.42. The zero-order chi connectivity index (χ0) is 19.5. The summed E-state index contributed by atoms with van der Waals surface area (Å²) in [5, 5.41) is 14.2. The Morgan fingerprint density at radius 2 is 2.00 bits per heavy atom. The molecule has 0 aliphatic carbocycles. The van der Waals surface area contributed by atoms with Crippen LogP contribution in [-0.4, -0.2) is 26.4 Å². The number of hydrogen-bond donors (Lipinski definition) is 1. The van der Waals surface area contributed by atoms with Crippen LogP contribution in [0.3, 0.4) is 0 Å². The summed E-state index contributed by atoms with van der Waals surface area (Å²) in [6.07, 6.45) is 0. The number of aromatic nitrogens is 4. The van der Waals surface area contributed by atoms with Crippen LogP contribution in [0, 0.1) is 6.92 Å². The summed E-state index contributed by atoms with van der Waals surface area (Å²) in [6.45, 7) is 2.05. The molecule has 0 unspecified atom stereocenters. The maximum atomic E-state index is 12.4. The zero-order valence-electron chi connectivity index (χ0n) is 15.0. The molecular formula is C19H12N6O3S. The van der Waals surface area contributed by atoms with Gasteiger partial charge in [0.05, 0.1) is 26.8 Å². The average Bonchev–Trinajstić information content (AvgIpc) is 3.41. The van der Waals surface area contributed by atoms with Crippen LogP contribution in [0.15, 0.2) is 51.4 Å². The Hall–Kier alpha value is -3.79. The van der Waals surface area contributed by atoms with E-state index in [1.54, 1.807) is 10.6 Å². The molecule has 6 rings (SSSR count). The molecule has 4 heterocycles. The van der Waals surface area contributed by atoms with Crippen LogP contribution in [0.1, 0.15) is 5.69 Å². The molecular weight excluding hydrogens is 392 g/mol. The number of fused-ring (bicyclic) bond motifs is 5. The van der Waals surface area contributed by atoms with Crippen molar-refractivity contribution in [3.8, 4) is 11.5 Å². The van der Waals surface area contributed by atoms with E-state index in [1.807, 2.05) is 37.3 Å². The van der Waals surface area contributed by atoms with Crippen molar-refractivity contribution < 1.29 is 9.47 Å². The lowest BCUT2D eigenvalue weighted by molar-refractivity contribution is 0.174. The number of thiazole rings is 1. The van der Waals surface area contributed by atoms with Crippen molar-refractivity contribution in [2.75, 3.05) is 6.79 Å². The Bertz CT molecular complexity index is 1490. The van der Waals surface area contributed by atoms with Gasteiger partial charge in [0.2, 0.25) is 11.9 Å². The van der Waals surface area contributed by atoms with Gasteiger partial charge >= 0.3 is 0 Å². The first-order chi connectivity index (χ1) is 14.2. The molecule has 1 N–H and O–H groups in total. The van der Waals surface area contributed by atoms with Crippen LogP contribution in [0.25, 0.3) is 26.8 Å². The molecule has 0 bridgehead atoms. The second-order valence-electron chi connectivity index (χ2n) is 6.54. The molecule has 29 heavy (non-hydrogen) atoms. The molecule has 2 aromatic carbocycles. The third-order valence-electron chi connectivity index (χ3n) is 4.74. The molecule has 142 valence electrons. The highest BCUT2D eigenvalue weighted by molar-refractivity contribution is 7.21. The highest BCUT2D eigenvalue weighted by Gasteiger charge is 2.17. The monoisotopic (exact) mass is 404 g/mol. The molecule has 9 nitrogen and oxygen atoms in total. The van der Waals surface area contributed by atoms with E-state index < -0.39 is 0 Å². The van der Waals surface area contributed by atoms with Crippen LogP contribution < -0.4 is 15.0 Å². The standard InChI is InChI=1S/C19H12N6O3S/c1-9-16(17-21-18(26)10-4-2-3-5-12(10)25(17)24-9)22-23-19-20-11-6-13-14(28-8-27-13)7-15(11)29-19/h2-7H,8H2,1H3,(H,21,26)/b23-22+. The fourth-order valence-electron chi connectivity index (χ4n) is 3.39. The lowest BCUT2D eigenvalue weighted by Gasteiger charge is -2.00. The summed E-state index contributed by atoms with van der Waals surface area (Å²) in [5.41, 5.74) is 2.94. The van der Waals surface area contributed by atoms with E-state index in [2.05, 4.69) is 25.3 Å². The quantitative estimate of drug-likeness (QED) is 0.443. The maximum Gasteiger partial charge on any atom is 0.259 e. The van der Waals surface area contributed by atoms with Crippen LogP contribution in [0.2, 0.25) is 0 Å². The second-order valence-corrected chi connectivity index (χ2v) is 7.54. The largest absolute Gasteiger partial charge is 0.454 e. The number of rotatable bonds is 2. The Kier molecular flexibility index (Phi) is 3.27. The molecule has 1 aliphatic heterocycles. The number of nitrogens with zero attached hydrogens (tertiary/aromatic N) is 5. The summed E-state index contributed by atoms with van der Waals surface area (Å²) in [5.74, 6) is 1.38. The zero-order valence-corrected chi connectivity index (χ0v) is 15.9. The summed E-state index contributed by atoms with van der Waals surface area (Å²) < 4.78 is 13.4. The first kappa shape index (κ1) is 16.2. The number of benzene rings is 2. The van der Waals surface area contributed by atoms with Crippen LogP contribution in [-0.2, 0) is 0 Å². The molecule has 0 saturated heterocycles. The smallest absolute Gasteiger partial charge is 0.259 e. The molecule has 0 radical (unpaired) electrons. The van der Waals surface area contributed by atoms with E-state index in [-0.39, 0.29) is 12.4 Å². The summed E-state index contributed by atoms with van der Waals surface area (Å²) in [4.78, 5) is 19.8. The lowest BCUT2D eigenvalue weighted by Crippen LogP contribution is -2.09. The van der Waals surface area contributed by atoms with Crippen molar-refractivity contribution in [2.24, 2.45) is 10.2 Å². The van der Waals surface area contributed by atoms with E-state index in [0.717, 1.165) is 10.2 Å². The number of aromatic amines is 1. The van der Waals surface area contributed by atoms with Gasteiger partial charge in [0.15, 0.2) is 22.8 Å². The van der Waals surface area contributed by atoms with Gasteiger partial charge in [-0.2, -0.15) is 5.10 Å². The first-order valence-corrected chi connectivity index (χ1v) is 9.61. The average molecular weight is 404 g/mol. The van der Waals surface area contributed by atoms with Crippen molar-refractivity contribution in [1.82, 2.24) is 19.6 Å². The first-order valence-electron chi connectivity index (χ1n) is 8.80. The van der Waals surface area contributed by atoms with E-state index in [9.17, 15) is 4.79 Å². The minimum Gasteiger partial charge on any atom is -0.454 e. The summed E-state index contributed by atoms with van der Waals surface area (Å²) in [6, 6.07) is 11.0. The minimum absolute atomic E-state index is 0.195. The van der Waals surface area contributed by atoms with E-state index in [1.165, 1.54) is 11.3 Å². The van der Waals surface area contributed by atoms with Crippen molar-refractivity contribution in [3.05, 3.63) is 52.4 Å². The molecule has 0 fully saturated rings. The van der Waals surface area contributed by atoms with Gasteiger partial charge in [-0.05, 0) is 19.1 Å². The number of hydrogen-bond acceptors (Lipinski definition) is 8. The normalized spacial score (nSPS) is 13.4. The number of nitrogens with one attached hydrogen (secondary N) is 1. The van der Waals surface area contributed by atoms with Crippen molar-refractivity contribution >= 4 is 48.9 Å². The van der Waals surface area contributed by atoms with Gasteiger partial charge in [0.1, 0.15) is 0 Å². The molecule has 0 spiro atoms. The minimum atomic E-state index is -0.195. The molecule has 0 saturated carbocycles. The number of H-pyrrole nitrogens is 1. The Balaban J connectivity index is 1.47.